The molecule has 0 amide bonds. The number of phenolic OH excluding ortho intramolecular Hbond substituents is 1. The molecule has 0 aliphatic rings. The molecule has 1 heterocycles. The second-order valence-electron chi connectivity index (χ2n) is 2.64. The average Bonchev–Trinajstić information content (AvgIpc) is 2.48. The maximum Gasteiger partial charge on any atom is 0.137 e. The second kappa shape index (κ2) is 3.12. The van der Waals surface area contributed by atoms with Crippen molar-refractivity contribution >= 4 is 34.1 Å². The van der Waals surface area contributed by atoms with Gasteiger partial charge in [-0.3, -0.25) is 0 Å². The quantitative estimate of drug-likeness (QED) is 0.712. The van der Waals surface area contributed by atoms with Gasteiger partial charge in [-0.05, 0) is 6.07 Å². The Morgan fingerprint density at radius 2 is 2.23 bits per heavy atom. The highest BCUT2D eigenvalue weighted by molar-refractivity contribution is 7.80. The van der Waals surface area contributed by atoms with E-state index in [0.717, 1.165) is 15.0 Å². The van der Waals surface area contributed by atoms with E-state index in [1.165, 1.54) is 11.3 Å². The van der Waals surface area contributed by atoms with Gasteiger partial charge in [0.15, 0.2) is 0 Å². The molecular weight excluding hydrogens is 204 g/mol. The Morgan fingerprint density at radius 3 is 2.92 bits per heavy atom. The van der Waals surface area contributed by atoms with E-state index >= 15 is 0 Å². The van der Waals surface area contributed by atoms with E-state index < -0.39 is 0 Å². The summed E-state index contributed by atoms with van der Waals surface area (Å²) < 4.78 is 5.89. The monoisotopic (exact) mass is 212 g/mol. The van der Waals surface area contributed by atoms with Crippen molar-refractivity contribution in [3.63, 3.8) is 0 Å². The lowest BCUT2D eigenvalue weighted by Crippen LogP contribution is -1.81. The van der Waals surface area contributed by atoms with Gasteiger partial charge in [0.2, 0.25) is 0 Å². The molecule has 0 atom stereocenters. The van der Waals surface area contributed by atoms with Crippen LogP contribution < -0.4 is 4.74 Å². The fraction of sp³-hybridized carbons (Fsp3) is 0.111. The minimum absolute atomic E-state index is 0.250. The van der Waals surface area contributed by atoms with Crippen LogP contribution in [0.15, 0.2) is 22.4 Å². The predicted molar refractivity (Wildman–Crippen MR) is 57.3 cm³/mol. The van der Waals surface area contributed by atoms with E-state index in [4.69, 9.17) is 4.74 Å². The third-order valence-corrected chi connectivity index (χ3v) is 3.41. The zero-order chi connectivity index (χ0) is 9.42. The van der Waals surface area contributed by atoms with Crippen LogP contribution in [0.5, 0.6) is 11.5 Å². The first-order chi connectivity index (χ1) is 6.22. The molecule has 2 aromatic rings. The smallest absolute Gasteiger partial charge is 0.137 e. The topological polar surface area (TPSA) is 29.5 Å². The summed E-state index contributed by atoms with van der Waals surface area (Å²) in [6.45, 7) is 0. The SMILES string of the molecule is COc1cc(O)c2scc(S)c2c1. The molecule has 68 valence electrons. The number of ether oxygens (including phenoxy) is 1. The van der Waals surface area contributed by atoms with Gasteiger partial charge in [0.25, 0.3) is 0 Å². The molecule has 4 heteroatoms. The van der Waals surface area contributed by atoms with E-state index in [2.05, 4.69) is 12.6 Å². The standard InChI is InChI=1S/C9H8O2S2/c1-11-5-2-6-8(12)4-13-9(6)7(10)3-5/h2-4,10,12H,1H3. The van der Waals surface area contributed by atoms with Crippen LogP contribution in [-0.2, 0) is 0 Å². The number of thiophene rings is 1. The molecule has 2 nitrogen and oxygen atoms in total. The van der Waals surface area contributed by atoms with Crippen molar-refractivity contribution in [2.75, 3.05) is 7.11 Å². The van der Waals surface area contributed by atoms with Gasteiger partial charge >= 0.3 is 0 Å². The molecule has 0 saturated heterocycles. The first kappa shape index (κ1) is 8.72. The Morgan fingerprint density at radius 1 is 1.46 bits per heavy atom. The first-order valence-electron chi connectivity index (χ1n) is 3.69. The molecule has 0 aliphatic heterocycles. The van der Waals surface area contributed by atoms with Crippen LogP contribution in [0.4, 0.5) is 0 Å². The van der Waals surface area contributed by atoms with Gasteiger partial charge in [0.1, 0.15) is 11.5 Å². The summed E-state index contributed by atoms with van der Waals surface area (Å²) in [6.07, 6.45) is 0. The largest absolute Gasteiger partial charge is 0.506 e. The minimum atomic E-state index is 0.250. The summed E-state index contributed by atoms with van der Waals surface area (Å²) >= 11 is 5.76. The lowest BCUT2D eigenvalue weighted by atomic mass is 10.2. The van der Waals surface area contributed by atoms with E-state index in [1.807, 2.05) is 11.4 Å². The molecule has 1 aromatic heterocycles. The van der Waals surface area contributed by atoms with Crippen molar-refractivity contribution in [3.05, 3.63) is 17.5 Å². The molecule has 0 spiro atoms. The summed E-state index contributed by atoms with van der Waals surface area (Å²) in [5.41, 5.74) is 0. The fourth-order valence-corrected chi connectivity index (χ4v) is 2.44. The summed E-state index contributed by atoms with van der Waals surface area (Å²) in [7, 11) is 1.57. The number of benzene rings is 1. The summed E-state index contributed by atoms with van der Waals surface area (Å²) in [6, 6.07) is 3.47. The van der Waals surface area contributed by atoms with E-state index in [1.54, 1.807) is 13.2 Å². The molecule has 13 heavy (non-hydrogen) atoms. The number of thiol groups is 1. The number of fused-ring (bicyclic) bond motifs is 1. The van der Waals surface area contributed by atoms with Crippen LogP contribution in [0.25, 0.3) is 10.1 Å². The maximum absolute atomic E-state index is 9.59. The predicted octanol–water partition coefficient (Wildman–Crippen LogP) is 2.90. The number of hydrogen-bond donors (Lipinski definition) is 2. The van der Waals surface area contributed by atoms with Crippen molar-refractivity contribution < 1.29 is 9.84 Å². The molecule has 0 unspecified atom stereocenters. The Hall–Kier alpha value is -0.870. The number of phenols is 1. The van der Waals surface area contributed by atoms with Gasteiger partial charge in [0, 0.05) is 21.7 Å². The van der Waals surface area contributed by atoms with E-state index in [9.17, 15) is 5.11 Å². The molecule has 2 rings (SSSR count). The normalized spacial score (nSPS) is 10.6. The zero-order valence-corrected chi connectivity index (χ0v) is 8.65. The van der Waals surface area contributed by atoms with E-state index in [-0.39, 0.29) is 5.75 Å². The fourth-order valence-electron chi connectivity index (χ4n) is 1.20. The summed E-state index contributed by atoms with van der Waals surface area (Å²) in [5.74, 6) is 0.901. The zero-order valence-electron chi connectivity index (χ0n) is 6.94. The van der Waals surface area contributed by atoms with Gasteiger partial charge in [-0.25, -0.2) is 0 Å². The second-order valence-corrected chi connectivity index (χ2v) is 4.01. The summed E-state index contributed by atoms with van der Waals surface area (Å²) in [5, 5.41) is 12.4. The van der Waals surface area contributed by atoms with Crippen LogP contribution in [-0.4, -0.2) is 12.2 Å². The Labute approximate surface area is 85.2 Å². The number of rotatable bonds is 1. The highest BCUT2D eigenvalue weighted by atomic mass is 32.1. The maximum atomic E-state index is 9.59. The van der Waals surface area contributed by atoms with Crippen molar-refractivity contribution in [3.8, 4) is 11.5 Å². The van der Waals surface area contributed by atoms with Gasteiger partial charge in [-0.2, -0.15) is 0 Å². The van der Waals surface area contributed by atoms with Crippen molar-refractivity contribution in [2.45, 2.75) is 4.90 Å². The van der Waals surface area contributed by atoms with Gasteiger partial charge in [0.05, 0.1) is 11.8 Å². The van der Waals surface area contributed by atoms with Gasteiger partial charge in [-0.15, -0.1) is 24.0 Å². The molecule has 1 N–H and O–H groups in total. The van der Waals surface area contributed by atoms with E-state index in [0.29, 0.717) is 5.75 Å². The van der Waals surface area contributed by atoms with Crippen LogP contribution in [0.3, 0.4) is 0 Å². The number of aromatic hydroxyl groups is 1. The molecule has 0 bridgehead atoms. The molecular formula is C9H8O2S2. The first-order valence-corrected chi connectivity index (χ1v) is 5.02. The molecule has 0 radical (unpaired) electrons. The minimum Gasteiger partial charge on any atom is -0.506 e. The summed E-state index contributed by atoms with van der Waals surface area (Å²) in [4.78, 5) is 0.870. The number of methoxy groups -OCH3 is 1. The van der Waals surface area contributed by atoms with Crippen molar-refractivity contribution in [2.24, 2.45) is 0 Å². The Bertz CT molecular complexity index is 448. The molecule has 1 aromatic carbocycles. The highest BCUT2D eigenvalue weighted by Gasteiger charge is 2.07. The third-order valence-electron chi connectivity index (χ3n) is 1.84. The number of hydrogen-bond acceptors (Lipinski definition) is 4. The van der Waals surface area contributed by atoms with Crippen LogP contribution >= 0.6 is 24.0 Å². The van der Waals surface area contributed by atoms with Gasteiger partial charge < -0.3 is 9.84 Å². The van der Waals surface area contributed by atoms with Crippen LogP contribution in [0.2, 0.25) is 0 Å². The lowest BCUT2D eigenvalue weighted by Gasteiger charge is -2.01. The third kappa shape index (κ3) is 1.36. The highest BCUT2D eigenvalue weighted by Crippen LogP contribution is 2.38. The Kier molecular flexibility index (Phi) is 2.09. The van der Waals surface area contributed by atoms with Crippen LogP contribution in [0, 0.1) is 0 Å². The molecule has 0 aliphatic carbocycles. The lowest BCUT2D eigenvalue weighted by molar-refractivity contribution is 0.409. The Balaban J connectivity index is 2.80. The van der Waals surface area contributed by atoms with Crippen molar-refractivity contribution in [1.29, 1.82) is 0 Å². The van der Waals surface area contributed by atoms with Crippen LogP contribution in [0.1, 0.15) is 0 Å². The average molecular weight is 212 g/mol. The van der Waals surface area contributed by atoms with Crippen molar-refractivity contribution in [1.82, 2.24) is 0 Å². The van der Waals surface area contributed by atoms with Gasteiger partial charge in [-0.1, -0.05) is 0 Å². The molecule has 0 fully saturated rings. The molecule has 0 saturated carbocycles.